The first-order chi connectivity index (χ1) is 10.8. The summed E-state index contributed by atoms with van der Waals surface area (Å²) in [6.45, 7) is 2.00. The van der Waals surface area contributed by atoms with Crippen molar-refractivity contribution in [3.05, 3.63) is 48.0 Å². The lowest BCUT2D eigenvalue weighted by atomic mass is 9.74. The Morgan fingerprint density at radius 1 is 1.14 bits per heavy atom. The average molecular weight is 293 g/mol. The lowest BCUT2D eigenvalue weighted by molar-refractivity contribution is -0.124. The molecule has 0 amide bonds. The third-order valence-electron chi connectivity index (χ3n) is 5.60. The van der Waals surface area contributed by atoms with Crippen molar-refractivity contribution in [2.75, 3.05) is 0 Å². The Morgan fingerprint density at radius 2 is 1.95 bits per heavy atom. The highest BCUT2D eigenvalue weighted by Gasteiger charge is 2.44. The maximum atomic E-state index is 12.6. The lowest BCUT2D eigenvalue weighted by Crippen LogP contribution is -2.47. The number of carbonyl (C=O) groups excluding carboxylic acids is 1. The number of hydrogen-bond donors (Lipinski definition) is 1. The Labute approximate surface area is 131 Å². The van der Waals surface area contributed by atoms with Crippen LogP contribution in [-0.4, -0.2) is 17.9 Å². The van der Waals surface area contributed by atoms with Gasteiger partial charge in [0.1, 0.15) is 5.78 Å². The summed E-state index contributed by atoms with van der Waals surface area (Å²) in [6.07, 6.45) is 4.14. The normalized spacial score (nSPS) is 30.6. The van der Waals surface area contributed by atoms with Crippen LogP contribution in [0.5, 0.6) is 0 Å². The first-order valence-corrected chi connectivity index (χ1v) is 8.53. The number of rotatable bonds is 3. The third kappa shape index (κ3) is 2.26. The Hall–Kier alpha value is -1.67. The van der Waals surface area contributed by atoms with Crippen molar-refractivity contribution < 1.29 is 4.79 Å². The average Bonchev–Trinajstić information content (AvgIpc) is 2.95. The molecule has 2 saturated heterocycles. The molecule has 0 radical (unpaired) electrons. The zero-order chi connectivity index (χ0) is 15.1. The van der Waals surface area contributed by atoms with Crippen molar-refractivity contribution in [2.45, 2.75) is 50.6 Å². The van der Waals surface area contributed by atoms with E-state index in [1.807, 2.05) is 6.92 Å². The molecule has 2 aliphatic heterocycles. The molecule has 0 aliphatic carbocycles. The summed E-state index contributed by atoms with van der Waals surface area (Å²) in [5.74, 6) is 0.969. The van der Waals surface area contributed by atoms with Gasteiger partial charge >= 0.3 is 0 Å². The number of Topliss-reactive ketones (excluding diaryl/α,β-unsaturated/α-hetero) is 1. The summed E-state index contributed by atoms with van der Waals surface area (Å²) in [5.41, 5.74) is 1.35. The van der Waals surface area contributed by atoms with Gasteiger partial charge in [0, 0.05) is 24.4 Å². The van der Waals surface area contributed by atoms with Crippen LogP contribution >= 0.6 is 0 Å². The van der Waals surface area contributed by atoms with Crippen LogP contribution in [0.2, 0.25) is 0 Å². The quantitative estimate of drug-likeness (QED) is 0.925. The largest absolute Gasteiger partial charge is 0.310 e. The van der Waals surface area contributed by atoms with Crippen molar-refractivity contribution in [1.29, 1.82) is 0 Å². The van der Waals surface area contributed by atoms with Crippen LogP contribution in [0.15, 0.2) is 42.5 Å². The van der Waals surface area contributed by atoms with Gasteiger partial charge in [-0.2, -0.15) is 0 Å². The van der Waals surface area contributed by atoms with E-state index in [4.69, 9.17) is 0 Å². The standard InChI is InChI=1S/C20H23NO/c1-2-19(22)20-17(12-16-9-10-18(20)21-16)15-8-7-13-5-3-4-6-14(13)11-15/h3-8,11,16-18,20-21H,2,9-10,12H2,1H3/t16?,17-,18?,20+/m1/s1. The summed E-state index contributed by atoms with van der Waals surface area (Å²) in [5, 5.41) is 6.24. The number of ketones is 1. The maximum absolute atomic E-state index is 12.6. The Kier molecular flexibility index (Phi) is 3.50. The van der Waals surface area contributed by atoms with E-state index in [0.717, 1.165) is 12.8 Å². The predicted molar refractivity (Wildman–Crippen MR) is 90.0 cm³/mol. The molecule has 2 aromatic rings. The Morgan fingerprint density at radius 3 is 2.77 bits per heavy atom. The van der Waals surface area contributed by atoms with Gasteiger partial charge in [0.05, 0.1) is 0 Å². The second-order valence-corrected chi connectivity index (χ2v) is 6.84. The number of carbonyl (C=O) groups is 1. The maximum Gasteiger partial charge on any atom is 0.137 e. The minimum Gasteiger partial charge on any atom is -0.310 e. The molecule has 2 fully saturated rings. The molecule has 0 aromatic heterocycles. The van der Waals surface area contributed by atoms with Gasteiger partial charge in [-0.3, -0.25) is 4.79 Å². The Bertz CT molecular complexity index is 708. The predicted octanol–water partition coefficient (Wildman–Crippen LogP) is 4.04. The zero-order valence-electron chi connectivity index (χ0n) is 13.1. The molecule has 1 N–H and O–H groups in total. The number of fused-ring (bicyclic) bond motifs is 3. The summed E-state index contributed by atoms with van der Waals surface area (Å²) in [4.78, 5) is 12.6. The molecule has 114 valence electrons. The highest BCUT2D eigenvalue weighted by atomic mass is 16.1. The molecule has 4 atom stereocenters. The SMILES string of the molecule is CCC(=O)[C@@H]1C2CCC(C[C@@H]1c1ccc3ccccc3c1)N2. The minimum absolute atomic E-state index is 0.157. The van der Waals surface area contributed by atoms with E-state index in [9.17, 15) is 4.79 Å². The van der Waals surface area contributed by atoms with E-state index in [1.165, 1.54) is 22.8 Å². The van der Waals surface area contributed by atoms with Crippen molar-refractivity contribution >= 4 is 16.6 Å². The van der Waals surface area contributed by atoms with Gasteiger partial charge in [0.15, 0.2) is 0 Å². The van der Waals surface area contributed by atoms with Gasteiger partial charge < -0.3 is 5.32 Å². The first kappa shape index (κ1) is 14.0. The summed E-state index contributed by atoms with van der Waals surface area (Å²) >= 11 is 0. The highest BCUT2D eigenvalue weighted by Crippen LogP contribution is 2.43. The fraction of sp³-hybridized carbons (Fsp3) is 0.450. The van der Waals surface area contributed by atoms with Crippen molar-refractivity contribution in [2.24, 2.45) is 5.92 Å². The lowest BCUT2D eigenvalue weighted by Gasteiger charge is -2.37. The van der Waals surface area contributed by atoms with Crippen LogP contribution < -0.4 is 5.32 Å². The number of hydrogen-bond acceptors (Lipinski definition) is 2. The fourth-order valence-electron chi connectivity index (χ4n) is 4.52. The minimum atomic E-state index is 0.157. The van der Waals surface area contributed by atoms with E-state index in [-0.39, 0.29) is 5.92 Å². The van der Waals surface area contributed by atoms with E-state index in [0.29, 0.717) is 30.2 Å². The molecule has 2 aliphatic rings. The van der Waals surface area contributed by atoms with Crippen LogP contribution in [0, 0.1) is 5.92 Å². The number of benzene rings is 2. The van der Waals surface area contributed by atoms with Crippen molar-refractivity contribution in [3.8, 4) is 0 Å². The summed E-state index contributed by atoms with van der Waals surface area (Å²) in [6, 6.07) is 16.2. The molecule has 2 bridgehead atoms. The molecule has 4 rings (SSSR count). The Balaban J connectivity index is 1.75. The van der Waals surface area contributed by atoms with Crippen LogP contribution in [-0.2, 0) is 4.79 Å². The summed E-state index contributed by atoms with van der Waals surface area (Å²) < 4.78 is 0. The molecular formula is C20H23NO. The van der Waals surface area contributed by atoms with E-state index in [1.54, 1.807) is 0 Å². The first-order valence-electron chi connectivity index (χ1n) is 8.53. The van der Waals surface area contributed by atoms with E-state index < -0.39 is 0 Å². The molecule has 0 spiro atoms. The third-order valence-corrected chi connectivity index (χ3v) is 5.60. The van der Waals surface area contributed by atoms with E-state index >= 15 is 0 Å². The van der Waals surface area contributed by atoms with E-state index in [2.05, 4.69) is 47.8 Å². The number of piperidine rings is 1. The number of nitrogens with one attached hydrogen (secondary N) is 1. The van der Waals surface area contributed by atoms with Gasteiger partial charge in [0.25, 0.3) is 0 Å². The van der Waals surface area contributed by atoms with Crippen LogP contribution in [0.25, 0.3) is 10.8 Å². The van der Waals surface area contributed by atoms with Crippen molar-refractivity contribution in [3.63, 3.8) is 0 Å². The molecule has 22 heavy (non-hydrogen) atoms. The smallest absolute Gasteiger partial charge is 0.137 e. The van der Waals surface area contributed by atoms with Gasteiger partial charge in [-0.25, -0.2) is 0 Å². The molecular weight excluding hydrogens is 270 g/mol. The molecule has 2 heterocycles. The monoisotopic (exact) mass is 293 g/mol. The topological polar surface area (TPSA) is 29.1 Å². The summed E-state index contributed by atoms with van der Waals surface area (Å²) in [7, 11) is 0. The second kappa shape index (κ2) is 5.51. The van der Waals surface area contributed by atoms with Crippen molar-refractivity contribution in [1.82, 2.24) is 5.32 Å². The highest BCUT2D eigenvalue weighted by molar-refractivity contribution is 5.85. The molecule has 0 saturated carbocycles. The zero-order valence-corrected chi connectivity index (χ0v) is 13.1. The fourth-order valence-corrected chi connectivity index (χ4v) is 4.52. The molecule has 2 nitrogen and oxygen atoms in total. The molecule has 2 heteroatoms. The van der Waals surface area contributed by atoms with Crippen LogP contribution in [0.4, 0.5) is 0 Å². The van der Waals surface area contributed by atoms with Gasteiger partial charge in [-0.15, -0.1) is 0 Å². The van der Waals surface area contributed by atoms with Crippen LogP contribution in [0.3, 0.4) is 0 Å². The van der Waals surface area contributed by atoms with Gasteiger partial charge in [-0.05, 0) is 41.5 Å². The molecule has 2 aromatic carbocycles. The molecule has 2 unspecified atom stereocenters. The van der Waals surface area contributed by atoms with Crippen LogP contribution in [0.1, 0.15) is 44.1 Å². The second-order valence-electron chi connectivity index (χ2n) is 6.84. The van der Waals surface area contributed by atoms with Gasteiger partial charge in [0.2, 0.25) is 0 Å². The van der Waals surface area contributed by atoms with Gasteiger partial charge in [-0.1, -0.05) is 49.4 Å².